The molecule has 2 aromatic rings. The molecule has 0 aromatic heterocycles. The molecule has 2 heterocycles. The van der Waals surface area contributed by atoms with Crippen molar-refractivity contribution in [3.63, 3.8) is 0 Å². The van der Waals surface area contributed by atoms with Crippen molar-refractivity contribution in [3.8, 4) is 5.75 Å². The van der Waals surface area contributed by atoms with Gasteiger partial charge in [-0.05, 0) is 72.9 Å². The number of amides is 1. The van der Waals surface area contributed by atoms with Gasteiger partial charge in [-0.1, -0.05) is 49.3 Å². The van der Waals surface area contributed by atoms with E-state index < -0.39 is 52.1 Å². The lowest BCUT2D eigenvalue weighted by Crippen LogP contribution is -2.56. The molecule has 4 rings (SSSR count). The summed E-state index contributed by atoms with van der Waals surface area (Å²) in [6.45, 7) is 4.91. The standard InChI is InChI=1S/C31H43N5O9S/c1-31(2,15-7-16-33-36-32)19-26(35-46(39,40)23-12-10-22(11-13-23)45-41-3)28(37)25(18-21-8-5-4-6-9-21)34-30(38)44-27-20-43-29-24(27)14-17-42-29/h4-6,8-13,24-29,35,37H,7,14-20H2,1-3H3,(H,34,38)/t24-,25+,26?,27+,28-,29+/m1/s1. The van der Waals surface area contributed by atoms with E-state index in [1.54, 1.807) is 0 Å². The van der Waals surface area contributed by atoms with E-state index in [-0.39, 0.29) is 36.8 Å². The molecule has 2 aliphatic rings. The number of hydrogen-bond acceptors (Lipinski definition) is 10. The van der Waals surface area contributed by atoms with Crippen molar-refractivity contribution in [3.05, 3.63) is 70.6 Å². The Bertz CT molecular complexity index is 1420. The number of nitrogens with zero attached hydrogens (tertiary/aromatic N) is 3. The van der Waals surface area contributed by atoms with Crippen LogP contribution >= 0.6 is 0 Å². The van der Waals surface area contributed by atoms with Gasteiger partial charge in [-0.15, -0.1) is 0 Å². The predicted molar refractivity (Wildman–Crippen MR) is 167 cm³/mol. The van der Waals surface area contributed by atoms with Gasteiger partial charge in [0.2, 0.25) is 10.0 Å². The topological polar surface area (TPSA) is 190 Å². The van der Waals surface area contributed by atoms with Crippen molar-refractivity contribution in [2.45, 2.75) is 81.4 Å². The molecule has 0 spiro atoms. The zero-order chi connectivity index (χ0) is 33.2. The lowest BCUT2D eigenvalue weighted by molar-refractivity contribution is -0.178. The Morgan fingerprint density at radius 2 is 1.89 bits per heavy atom. The molecule has 252 valence electrons. The maximum absolute atomic E-state index is 13.7. The summed E-state index contributed by atoms with van der Waals surface area (Å²) in [5.74, 6) is 0.239. The van der Waals surface area contributed by atoms with Crippen LogP contribution in [0.15, 0.2) is 64.6 Å². The molecule has 1 amide bonds. The Morgan fingerprint density at radius 3 is 2.59 bits per heavy atom. The predicted octanol–water partition coefficient (Wildman–Crippen LogP) is 4.24. The average molecular weight is 662 g/mol. The van der Waals surface area contributed by atoms with Crippen LogP contribution in [0, 0.1) is 11.3 Å². The molecule has 0 aliphatic carbocycles. The highest BCUT2D eigenvalue weighted by molar-refractivity contribution is 7.89. The minimum absolute atomic E-state index is 0.0455. The zero-order valence-electron chi connectivity index (χ0n) is 26.3. The van der Waals surface area contributed by atoms with Gasteiger partial charge in [0, 0.05) is 11.5 Å². The second-order valence-electron chi connectivity index (χ2n) is 12.3. The first-order valence-electron chi connectivity index (χ1n) is 15.3. The fourth-order valence-electron chi connectivity index (χ4n) is 5.92. The van der Waals surface area contributed by atoms with Crippen molar-refractivity contribution in [2.75, 3.05) is 26.9 Å². The van der Waals surface area contributed by atoms with Gasteiger partial charge < -0.3 is 29.5 Å². The minimum Gasteiger partial charge on any atom is -0.443 e. The van der Waals surface area contributed by atoms with Gasteiger partial charge in [-0.25, -0.2) is 17.9 Å². The number of rotatable bonds is 17. The van der Waals surface area contributed by atoms with Crippen LogP contribution in [0.1, 0.15) is 45.1 Å². The smallest absolute Gasteiger partial charge is 0.407 e. The number of fused-ring (bicyclic) bond motifs is 1. The second kappa shape index (κ2) is 16.4. The Balaban J connectivity index is 1.58. The fourth-order valence-corrected chi connectivity index (χ4v) is 7.17. The molecule has 6 atom stereocenters. The number of carbonyl (C=O) groups excluding carboxylic acids is 1. The average Bonchev–Trinajstić information content (AvgIpc) is 3.64. The van der Waals surface area contributed by atoms with Crippen LogP contribution in [0.4, 0.5) is 4.79 Å². The summed E-state index contributed by atoms with van der Waals surface area (Å²) in [7, 11) is -2.81. The molecule has 2 saturated heterocycles. The maximum Gasteiger partial charge on any atom is 0.407 e. The second-order valence-corrected chi connectivity index (χ2v) is 14.0. The summed E-state index contributed by atoms with van der Waals surface area (Å²) in [5, 5.41) is 18.4. The lowest BCUT2D eigenvalue weighted by atomic mass is 9.79. The molecule has 1 unspecified atom stereocenters. The van der Waals surface area contributed by atoms with E-state index in [9.17, 15) is 18.3 Å². The number of benzene rings is 2. The van der Waals surface area contributed by atoms with Crippen LogP contribution in [-0.2, 0) is 35.5 Å². The molecule has 2 fully saturated rings. The van der Waals surface area contributed by atoms with E-state index in [2.05, 4.69) is 25.0 Å². The third kappa shape index (κ3) is 10.0. The quantitative estimate of drug-likeness (QED) is 0.0556. The van der Waals surface area contributed by atoms with E-state index in [4.69, 9.17) is 24.6 Å². The van der Waals surface area contributed by atoms with Crippen LogP contribution in [0.25, 0.3) is 10.4 Å². The third-order valence-corrected chi connectivity index (χ3v) is 9.74. The van der Waals surface area contributed by atoms with E-state index in [1.807, 2.05) is 44.2 Å². The third-order valence-electron chi connectivity index (χ3n) is 8.24. The first-order chi connectivity index (χ1) is 22.0. The van der Waals surface area contributed by atoms with Gasteiger partial charge >= 0.3 is 6.09 Å². The number of ether oxygens (including phenoxy) is 3. The first-order valence-corrected chi connectivity index (χ1v) is 16.8. The first kappa shape index (κ1) is 35.4. The zero-order valence-corrected chi connectivity index (χ0v) is 27.1. The molecular formula is C31H43N5O9S. The van der Waals surface area contributed by atoms with Gasteiger partial charge in [-0.3, -0.25) is 0 Å². The highest BCUT2D eigenvalue weighted by Crippen LogP contribution is 2.34. The molecule has 0 bridgehead atoms. The van der Waals surface area contributed by atoms with Crippen LogP contribution in [0.5, 0.6) is 5.75 Å². The number of sulfonamides is 1. The summed E-state index contributed by atoms with van der Waals surface area (Å²) in [6, 6.07) is 12.9. The number of hydrogen-bond donors (Lipinski definition) is 3. The number of alkyl carbamates (subject to hydrolysis) is 1. The van der Waals surface area contributed by atoms with Gasteiger partial charge in [-0.2, -0.15) is 4.89 Å². The Kier molecular flexibility index (Phi) is 12.6. The SMILES string of the molecule is COOc1ccc(S(=O)(=O)NC(CC(C)(C)CCCN=[N+]=[N-])[C@H](O)[C@H](Cc2ccccc2)NC(=O)O[C@H]2CO[C@@H]3OCC[C@@H]32)cc1. The van der Waals surface area contributed by atoms with Crippen molar-refractivity contribution in [1.82, 2.24) is 10.0 Å². The Hall–Kier alpha value is -3.43. The highest BCUT2D eigenvalue weighted by atomic mass is 32.2. The highest BCUT2D eigenvalue weighted by Gasteiger charge is 2.44. The summed E-state index contributed by atoms with van der Waals surface area (Å²) >= 11 is 0. The fraction of sp³-hybridized carbons (Fsp3) is 0.581. The molecular weight excluding hydrogens is 618 g/mol. The normalized spacial score (nSPS) is 21.4. The lowest BCUT2D eigenvalue weighted by Gasteiger charge is -2.36. The minimum atomic E-state index is -4.15. The molecule has 2 aromatic carbocycles. The number of nitrogens with one attached hydrogen (secondary N) is 2. The van der Waals surface area contributed by atoms with E-state index >= 15 is 0 Å². The van der Waals surface area contributed by atoms with Crippen molar-refractivity contribution in [2.24, 2.45) is 16.4 Å². The molecule has 46 heavy (non-hydrogen) atoms. The van der Waals surface area contributed by atoms with Crippen molar-refractivity contribution < 1.29 is 42.3 Å². The Labute approximate surface area is 269 Å². The van der Waals surface area contributed by atoms with Crippen LogP contribution in [0.3, 0.4) is 0 Å². The van der Waals surface area contributed by atoms with Crippen LogP contribution in [-0.4, -0.2) is 77.1 Å². The summed E-state index contributed by atoms with van der Waals surface area (Å²) < 4.78 is 46.9. The molecule has 15 heteroatoms. The van der Waals surface area contributed by atoms with Crippen molar-refractivity contribution in [1.29, 1.82) is 0 Å². The number of azide groups is 1. The Morgan fingerprint density at radius 1 is 1.15 bits per heavy atom. The van der Waals surface area contributed by atoms with Gasteiger partial charge in [0.15, 0.2) is 12.0 Å². The summed E-state index contributed by atoms with van der Waals surface area (Å²) in [5.41, 5.74) is 8.99. The molecule has 0 radical (unpaired) electrons. The monoisotopic (exact) mass is 661 g/mol. The van der Waals surface area contributed by atoms with Crippen molar-refractivity contribution >= 4 is 16.1 Å². The molecule has 3 N–H and O–H groups in total. The van der Waals surface area contributed by atoms with Gasteiger partial charge in [0.25, 0.3) is 0 Å². The maximum atomic E-state index is 13.7. The van der Waals surface area contributed by atoms with E-state index in [0.717, 1.165) is 5.56 Å². The van der Waals surface area contributed by atoms with Gasteiger partial charge in [0.05, 0.1) is 49.3 Å². The molecule has 14 nitrogen and oxygen atoms in total. The molecule has 0 saturated carbocycles. The van der Waals surface area contributed by atoms with E-state index in [0.29, 0.717) is 31.6 Å². The molecule has 2 aliphatic heterocycles. The van der Waals surface area contributed by atoms with Gasteiger partial charge in [0.1, 0.15) is 6.10 Å². The van der Waals surface area contributed by atoms with Crippen LogP contribution < -0.4 is 14.9 Å². The van der Waals surface area contributed by atoms with Crippen LogP contribution in [0.2, 0.25) is 0 Å². The number of aliphatic hydroxyl groups is 1. The summed E-state index contributed by atoms with van der Waals surface area (Å²) in [6.07, 6.45) is -0.764. The number of aliphatic hydroxyl groups excluding tert-OH is 1. The summed E-state index contributed by atoms with van der Waals surface area (Å²) in [4.78, 5) is 25.6. The largest absolute Gasteiger partial charge is 0.443 e. The number of carbonyl (C=O) groups is 1. The van der Waals surface area contributed by atoms with E-state index in [1.165, 1.54) is 31.4 Å².